The smallest absolute Gasteiger partial charge is 0.260 e. The molecule has 0 aliphatic rings. The van der Waals surface area contributed by atoms with Gasteiger partial charge < -0.3 is 9.88 Å². The number of rotatable bonds is 5. The molecule has 27 heavy (non-hydrogen) atoms. The number of H-pyrrole nitrogens is 1. The summed E-state index contributed by atoms with van der Waals surface area (Å²) >= 11 is 6.26. The van der Waals surface area contributed by atoms with Gasteiger partial charge in [0.25, 0.3) is 11.5 Å². The Labute approximate surface area is 162 Å². The van der Waals surface area contributed by atoms with Crippen molar-refractivity contribution in [1.29, 1.82) is 0 Å². The van der Waals surface area contributed by atoms with E-state index in [4.69, 9.17) is 11.6 Å². The van der Waals surface area contributed by atoms with Crippen LogP contribution in [0.5, 0.6) is 0 Å². The third kappa shape index (κ3) is 3.95. The third-order valence-electron chi connectivity index (χ3n) is 4.60. The Morgan fingerprint density at radius 2 is 1.96 bits per heavy atom. The van der Waals surface area contributed by atoms with E-state index in [1.807, 2.05) is 42.8 Å². The highest BCUT2D eigenvalue weighted by Crippen LogP contribution is 2.20. The highest BCUT2D eigenvalue weighted by atomic mass is 35.5. The summed E-state index contributed by atoms with van der Waals surface area (Å²) < 4.78 is 1.89. The molecule has 1 aromatic carbocycles. The number of amides is 1. The summed E-state index contributed by atoms with van der Waals surface area (Å²) in [5.41, 5.74) is 3.49. The van der Waals surface area contributed by atoms with Crippen LogP contribution in [0.25, 0.3) is 0 Å². The molecular weight excluding hydrogens is 364 g/mol. The number of carbonyl (C=O) groups excluding carboxylic acids is 1. The van der Waals surface area contributed by atoms with Gasteiger partial charge in [0.05, 0.1) is 12.2 Å². The van der Waals surface area contributed by atoms with Crippen molar-refractivity contribution in [2.24, 2.45) is 0 Å². The van der Waals surface area contributed by atoms with Gasteiger partial charge >= 0.3 is 0 Å². The van der Waals surface area contributed by atoms with Crippen molar-refractivity contribution in [2.75, 3.05) is 7.05 Å². The number of aromatic nitrogens is 3. The van der Waals surface area contributed by atoms with E-state index < -0.39 is 5.56 Å². The van der Waals surface area contributed by atoms with E-state index in [-0.39, 0.29) is 11.5 Å². The average Bonchev–Trinajstić information content (AvgIpc) is 2.91. The summed E-state index contributed by atoms with van der Waals surface area (Å²) in [6.07, 6.45) is 1.51. The Hall–Kier alpha value is -2.86. The zero-order chi connectivity index (χ0) is 19.6. The van der Waals surface area contributed by atoms with Gasteiger partial charge in [-0.05, 0) is 37.6 Å². The number of nitrogens with one attached hydrogen (secondary N) is 1. The molecule has 140 valence electrons. The molecule has 0 aliphatic carbocycles. The molecule has 0 saturated heterocycles. The molecule has 0 bridgehead atoms. The largest absolute Gasteiger partial charge is 0.337 e. The highest BCUT2D eigenvalue weighted by molar-refractivity contribution is 6.31. The topological polar surface area (TPSA) is 71.0 Å². The van der Waals surface area contributed by atoms with Crippen molar-refractivity contribution in [1.82, 2.24) is 19.7 Å². The molecule has 0 atom stereocenters. The van der Waals surface area contributed by atoms with Crippen molar-refractivity contribution >= 4 is 17.5 Å². The average molecular weight is 385 g/mol. The fraction of sp³-hybridized carbons (Fsp3) is 0.250. The van der Waals surface area contributed by atoms with Gasteiger partial charge in [0, 0.05) is 36.1 Å². The zero-order valence-corrected chi connectivity index (χ0v) is 16.2. The Balaban J connectivity index is 1.82. The summed E-state index contributed by atoms with van der Waals surface area (Å²) in [5, 5.41) is 5.30. The van der Waals surface area contributed by atoms with Gasteiger partial charge in [0.2, 0.25) is 0 Å². The molecule has 2 aromatic heterocycles. The van der Waals surface area contributed by atoms with Crippen molar-refractivity contribution in [3.63, 3.8) is 0 Å². The normalized spacial score (nSPS) is 10.8. The predicted octanol–water partition coefficient (Wildman–Crippen LogP) is 3.16. The quantitative estimate of drug-likeness (QED) is 0.734. The lowest BCUT2D eigenvalue weighted by molar-refractivity contribution is 0.0783. The minimum absolute atomic E-state index is 0.124. The van der Waals surface area contributed by atoms with Crippen LogP contribution >= 0.6 is 11.6 Å². The van der Waals surface area contributed by atoms with Crippen molar-refractivity contribution < 1.29 is 4.79 Å². The van der Waals surface area contributed by atoms with Gasteiger partial charge in [-0.3, -0.25) is 14.3 Å². The van der Waals surface area contributed by atoms with Crippen LogP contribution < -0.4 is 5.56 Å². The second-order valence-corrected chi connectivity index (χ2v) is 6.88. The molecule has 7 heteroatoms. The van der Waals surface area contributed by atoms with E-state index in [1.165, 1.54) is 17.2 Å². The minimum Gasteiger partial charge on any atom is -0.337 e. The number of aryl methyl sites for hydroxylation is 1. The maximum absolute atomic E-state index is 12.6. The molecule has 0 spiro atoms. The third-order valence-corrected chi connectivity index (χ3v) is 4.97. The number of halogens is 1. The highest BCUT2D eigenvalue weighted by Gasteiger charge is 2.19. The van der Waals surface area contributed by atoms with Crippen molar-refractivity contribution in [2.45, 2.75) is 26.9 Å². The molecule has 0 saturated carbocycles. The summed E-state index contributed by atoms with van der Waals surface area (Å²) in [4.78, 5) is 28.5. The van der Waals surface area contributed by atoms with Gasteiger partial charge in [-0.15, -0.1) is 0 Å². The molecule has 3 rings (SSSR count). The Bertz CT molecular complexity index is 1040. The molecule has 1 amide bonds. The lowest BCUT2D eigenvalue weighted by Gasteiger charge is -2.17. The van der Waals surface area contributed by atoms with Crippen LogP contribution in [-0.4, -0.2) is 32.6 Å². The van der Waals surface area contributed by atoms with E-state index in [0.29, 0.717) is 18.1 Å². The van der Waals surface area contributed by atoms with Gasteiger partial charge in [-0.1, -0.05) is 29.8 Å². The monoisotopic (exact) mass is 384 g/mol. The van der Waals surface area contributed by atoms with E-state index in [2.05, 4.69) is 10.1 Å². The number of hydrogen-bond donors (Lipinski definition) is 1. The van der Waals surface area contributed by atoms with Crippen molar-refractivity contribution in [3.05, 3.63) is 86.0 Å². The molecule has 0 fully saturated rings. The van der Waals surface area contributed by atoms with Gasteiger partial charge in [-0.2, -0.15) is 5.10 Å². The van der Waals surface area contributed by atoms with Crippen LogP contribution in [0, 0.1) is 13.8 Å². The van der Waals surface area contributed by atoms with Crippen LogP contribution in [0.4, 0.5) is 0 Å². The van der Waals surface area contributed by atoms with Gasteiger partial charge in [-0.25, -0.2) is 0 Å². The van der Waals surface area contributed by atoms with Gasteiger partial charge in [0.1, 0.15) is 5.56 Å². The zero-order valence-electron chi connectivity index (χ0n) is 15.5. The Morgan fingerprint density at radius 1 is 1.22 bits per heavy atom. The summed E-state index contributed by atoms with van der Waals surface area (Å²) in [7, 11) is 1.68. The van der Waals surface area contributed by atoms with E-state index in [1.54, 1.807) is 13.1 Å². The molecule has 6 nitrogen and oxygen atoms in total. The first kappa shape index (κ1) is 18.9. The lowest BCUT2D eigenvalue weighted by atomic mass is 10.1. The predicted molar refractivity (Wildman–Crippen MR) is 105 cm³/mol. The van der Waals surface area contributed by atoms with Crippen LogP contribution in [-0.2, 0) is 13.1 Å². The van der Waals surface area contributed by atoms with Crippen LogP contribution in [0.15, 0.2) is 47.4 Å². The summed E-state index contributed by atoms with van der Waals surface area (Å²) in [6, 6.07) is 10.8. The SMILES string of the molecule is Cc1nn(Cc2ccccc2Cl)c(C)c1CN(C)C(=O)c1ccc[nH]c1=O. The fourth-order valence-electron chi connectivity index (χ4n) is 3.01. The maximum Gasteiger partial charge on any atom is 0.260 e. The van der Waals surface area contributed by atoms with Crippen LogP contribution in [0.3, 0.4) is 0 Å². The Kier molecular flexibility index (Phi) is 5.46. The molecule has 0 unspecified atom stereocenters. The number of pyridine rings is 1. The first-order valence-corrected chi connectivity index (χ1v) is 8.95. The number of nitrogens with zero attached hydrogens (tertiary/aromatic N) is 3. The van der Waals surface area contributed by atoms with E-state index in [0.717, 1.165) is 22.5 Å². The fourth-order valence-corrected chi connectivity index (χ4v) is 3.20. The lowest BCUT2D eigenvalue weighted by Crippen LogP contribution is -2.31. The summed E-state index contributed by atoms with van der Waals surface area (Å²) in [5.74, 6) is -0.325. The maximum atomic E-state index is 12.6. The molecule has 1 N–H and O–H groups in total. The Morgan fingerprint density at radius 3 is 2.67 bits per heavy atom. The second kappa shape index (κ2) is 7.80. The molecule has 2 heterocycles. The molecule has 0 radical (unpaired) electrons. The number of hydrogen-bond acceptors (Lipinski definition) is 3. The number of aromatic amines is 1. The number of benzene rings is 1. The minimum atomic E-state index is -0.391. The molecule has 0 aliphatic heterocycles. The molecule has 3 aromatic rings. The number of carbonyl (C=O) groups is 1. The summed E-state index contributed by atoms with van der Waals surface area (Å²) in [6.45, 7) is 4.81. The van der Waals surface area contributed by atoms with Crippen LogP contribution in [0.1, 0.15) is 32.9 Å². The standard InChI is InChI=1S/C20H21ClN4O2/c1-13-17(12-24(3)20(27)16-8-6-10-22-19(16)26)14(2)25(23-13)11-15-7-4-5-9-18(15)21/h4-10H,11-12H2,1-3H3,(H,22,26). The first-order chi connectivity index (χ1) is 12.9. The first-order valence-electron chi connectivity index (χ1n) is 8.58. The molecular formula is C20H21ClN4O2. The second-order valence-electron chi connectivity index (χ2n) is 6.47. The van der Waals surface area contributed by atoms with Crippen molar-refractivity contribution in [3.8, 4) is 0 Å². The van der Waals surface area contributed by atoms with Crippen LogP contribution in [0.2, 0.25) is 5.02 Å². The van der Waals surface area contributed by atoms with E-state index in [9.17, 15) is 9.59 Å². The van der Waals surface area contributed by atoms with E-state index >= 15 is 0 Å². The van der Waals surface area contributed by atoms with Gasteiger partial charge in [0.15, 0.2) is 0 Å².